The van der Waals surface area contributed by atoms with E-state index < -0.39 is 11.8 Å². The maximum Gasteiger partial charge on any atom is 0.307 e. The Morgan fingerprint density at radius 3 is 2.26 bits per heavy atom. The molecule has 2 aromatic carbocycles. The highest BCUT2D eigenvalue weighted by molar-refractivity contribution is 6.30. The number of nitrogens with one attached hydrogen (secondary N) is 2. The van der Waals surface area contributed by atoms with Gasteiger partial charge in [0.1, 0.15) is 11.3 Å². The molecule has 0 saturated heterocycles. The van der Waals surface area contributed by atoms with Crippen molar-refractivity contribution >= 4 is 34.4 Å². The zero-order chi connectivity index (χ0) is 18.8. The molecule has 2 heterocycles. The van der Waals surface area contributed by atoms with E-state index in [1.54, 1.807) is 34.9 Å². The second-order valence-corrected chi connectivity index (χ2v) is 6.22. The van der Waals surface area contributed by atoms with Crippen molar-refractivity contribution in [3.63, 3.8) is 0 Å². The number of carbonyl (C=O) groups is 2. The summed E-state index contributed by atoms with van der Waals surface area (Å²) in [6.45, 7) is 0. The summed E-state index contributed by atoms with van der Waals surface area (Å²) in [6.07, 6.45) is 3.64. The molecule has 2 amide bonds. The van der Waals surface area contributed by atoms with Crippen molar-refractivity contribution in [1.29, 1.82) is 0 Å². The summed E-state index contributed by atoms with van der Waals surface area (Å²) in [7, 11) is 0. The number of amides is 2. The van der Waals surface area contributed by atoms with E-state index >= 15 is 0 Å². The molecule has 0 atom stereocenters. The number of carbonyl (C=O) groups excluding carboxylic acids is 2. The van der Waals surface area contributed by atoms with Gasteiger partial charge in [-0.15, -0.1) is 0 Å². The number of benzene rings is 2. The van der Waals surface area contributed by atoms with Crippen LogP contribution in [-0.4, -0.2) is 16.4 Å². The molecule has 7 heteroatoms. The van der Waals surface area contributed by atoms with E-state index in [4.69, 9.17) is 16.0 Å². The molecule has 0 aliphatic carbocycles. The van der Waals surface area contributed by atoms with Gasteiger partial charge in [-0.25, -0.2) is 0 Å². The van der Waals surface area contributed by atoms with Crippen LogP contribution in [0.1, 0.15) is 20.9 Å². The zero-order valence-electron chi connectivity index (χ0n) is 14.0. The van der Waals surface area contributed by atoms with Gasteiger partial charge >= 0.3 is 5.91 Å². The normalized spacial score (nSPS) is 10.7. The van der Waals surface area contributed by atoms with Crippen LogP contribution in [0.3, 0.4) is 0 Å². The molecule has 4 rings (SSSR count). The van der Waals surface area contributed by atoms with Gasteiger partial charge in [0.15, 0.2) is 0 Å². The molecule has 6 nitrogen and oxygen atoms in total. The highest BCUT2D eigenvalue weighted by Gasteiger charge is 2.22. The molecule has 4 aromatic rings. The number of furan rings is 1. The Bertz CT molecular complexity index is 1120. The molecule has 0 fully saturated rings. The third-order valence-corrected chi connectivity index (χ3v) is 4.29. The van der Waals surface area contributed by atoms with Crippen molar-refractivity contribution in [2.24, 2.45) is 0 Å². The van der Waals surface area contributed by atoms with Crippen molar-refractivity contribution in [3.8, 4) is 5.69 Å². The van der Waals surface area contributed by atoms with Gasteiger partial charge in [-0.3, -0.25) is 20.4 Å². The molecule has 0 spiro atoms. The number of halogens is 1. The minimum Gasteiger partial charge on any atom is -0.449 e. The minimum atomic E-state index is -0.558. The van der Waals surface area contributed by atoms with Gasteiger partial charge in [0.05, 0.1) is 0 Å². The molecule has 0 aliphatic rings. The first-order chi connectivity index (χ1) is 13.1. The van der Waals surface area contributed by atoms with Crippen molar-refractivity contribution < 1.29 is 14.0 Å². The number of rotatable bonds is 3. The standard InChI is InChI=1S/C20H14ClN3O3/c21-14-9-7-13(8-10-14)19(25)22-23-20(26)18-17(24-11-3-4-12-24)15-5-1-2-6-16(15)27-18/h1-12H,(H,22,25)(H,23,26). The van der Waals surface area contributed by atoms with Gasteiger partial charge in [0.25, 0.3) is 5.91 Å². The van der Waals surface area contributed by atoms with Crippen molar-refractivity contribution in [2.75, 3.05) is 0 Å². The van der Waals surface area contributed by atoms with E-state index in [1.165, 1.54) is 0 Å². The summed E-state index contributed by atoms with van der Waals surface area (Å²) in [4.78, 5) is 24.8. The van der Waals surface area contributed by atoms with Crippen LogP contribution < -0.4 is 10.9 Å². The average Bonchev–Trinajstić information content (AvgIpc) is 3.33. The third kappa shape index (κ3) is 3.30. The zero-order valence-corrected chi connectivity index (χ0v) is 14.7. The lowest BCUT2D eigenvalue weighted by atomic mass is 10.2. The third-order valence-electron chi connectivity index (χ3n) is 4.03. The van der Waals surface area contributed by atoms with Gasteiger partial charge in [-0.1, -0.05) is 23.7 Å². The van der Waals surface area contributed by atoms with E-state index in [0.29, 0.717) is 21.9 Å². The van der Waals surface area contributed by atoms with E-state index in [-0.39, 0.29) is 5.76 Å². The Labute approximate surface area is 159 Å². The number of para-hydroxylation sites is 1. The first-order valence-electron chi connectivity index (χ1n) is 8.14. The topological polar surface area (TPSA) is 76.3 Å². The van der Waals surface area contributed by atoms with Crippen LogP contribution in [0, 0.1) is 0 Å². The number of hydrogen-bond donors (Lipinski definition) is 2. The second-order valence-electron chi connectivity index (χ2n) is 5.78. The van der Waals surface area contributed by atoms with Crippen LogP contribution in [0.15, 0.2) is 77.5 Å². The predicted molar refractivity (Wildman–Crippen MR) is 102 cm³/mol. The Morgan fingerprint density at radius 1 is 0.852 bits per heavy atom. The van der Waals surface area contributed by atoms with Crippen LogP contribution in [0.25, 0.3) is 16.7 Å². The summed E-state index contributed by atoms with van der Waals surface area (Å²) in [5.41, 5.74) is 6.33. The Hall–Kier alpha value is -3.51. The molecule has 2 N–H and O–H groups in total. The largest absolute Gasteiger partial charge is 0.449 e. The van der Waals surface area contributed by atoms with Crippen molar-refractivity contribution in [1.82, 2.24) is 15.4 Å². The average molecular weight is 380 g/mol. The SMILES string of the molecule is O=C(NNC(=O)c1oc2ccccc2c1-n1cccc1)c1ccc(Cl)cc1. The molecule has 0 aliphatic heterocycles. The monoisotopic (exact) mass is 379 g/mol. The number of fused-ring (bicyclic) bond motifs is 1. The van der Waals surface area contributed by atoms with Crippen LogP contribution in [0.5, 0.6) is 0 Å². The number of hydrazine groups is 1. The molecule has 2 aromatic heterocycles. The fraction of sp³-hybridized carbons (Fsp3) is 0. The van der Waals surface area contributed by atoms with Crippen LogP contribution in [0.4, 0.5) is 0 Å². The molecule has 0 radical (unpaired) electrons. The smallest absolute Gasteiger partial charge is 0.307 e. The lowest BCUT2D eigenvalue weighted by Gasteiger charge is -2.08. The highest BCUT2D eigenvalue weighted by Crippen LogP contribution is 2.29. The molecule has 0 saturated carbocycles. The molecular formula is C20H14ClN3O3. The maximum absolute atomic E-state index is 12.7. The highest BCUT2D eigenvalue weighted by atomic mass is 35.5. The predicted octanol–water partition coefficient (Wildman–Crippen LogP) is 3.95. The van der Waals surface area contributed by atoms with Gasteiger partial charge in [0, 0.05) is 28.4 Å². The molecule has 0 unspecified atom stereocenters. The first kappa shape index (κ1) is 16.9. The molecule has 134 valence electrons. The Kier molecular flexibility index (Phi) is 4.40. The fourth-order valence-corrected chi connectivity index (χ4v) is 2.90. The Morgan fingerprint density at radius 2 is 1.52 bits per heavy atom. The summed E-state index contributed by atoms with van der Waals surface area (Å²) in [6, 6.07) is 17.4. The number of hydrogen-bond acceptors (Lipinski definition) is 3. The number of aromatic nitrogens is 1. The molecular weight excluding hydrogens is 366 g/mol. The van der Waals surface area contributed by atoms with Crippen LogP contribution >= 0.6 is 11.6 Å². The van der Waals surface area contributed by atoms with E-state index in [2.05, 4.69) is 10.9 Å². The van der Waals surface area contributed by atoms with Gasteiger partial charge in [-0.2, -0.15) is 0 Å². The summed E-state index contributed by atoms with van der Waals surface area (Å²) in [5, 5.41) is 1.32. The van der Waals surface area contributed by atoms with E-state index in [0.717, 1.165) is 5.39 Å². The second kappa shape index (κ2) is 7.01. The first-order valence-corrected chi connectivity index (χ1v) is 8.52. The maximum atomic E-state index is 12.7. The number of nitrogens with zero attached hydrogens (tertiary/aromatic N) is 1. The van der Waals surface area contributed by atoms with Gasteiger partial charge in [-0.05, 0) is 48.5 Å². The van der Waals surface area contributed by atoms with E-state index in [9.17, 15) is 9.59 Å². The quantitative estimate of drug-likeness (QED) is 0.529. The van der Waals surface area contributed by atoms with Crippen LogP contribution in [-0.2, 0) is 0 Å². The lowest BCUT2D eigenvalue weighted by molar-refractivity contribution is 0.0832. The fourth-order valence-electron chi connectivity index (χ4n) is 2.77. The van der Waals surface area contributed by atoms with Crippen molar-refractivity contribution in [3.05, 3.63) is 89.4 Å². The summed E-state index contributed by atoms with van der Waals surface area (Å²) < 4.78 is 7.53. The lowest BCUT2D eigenvalue weighted by Crippen LogP contribution is -2.41. The van der Waals surface area contributed by atoms with Crippen LogP contribution in [0.2, 0.25) is 5.02 Å². The minimum absolute atomic E-state index is 0.101. The van der Waals surface area contributed by atoms with Crippen molar-refractivity contribution in [2.45, 2.75) is 0 Å². The Balaban J connectivity index is 1.60. The van der Waals surface area contributed by atoms with Gasteiger partial charge < -0.3 is 8.98 Å². The molecule has 0 bridgehead atoms. The summed E-state index contributed by atoms with van der Waals surface area (Å²) >= 11 is 5.81. The van der Waals surface area contributed by atoms with E-state index in [1.807, 2.05) is 42.7 Å². The summed E-state index contributed by atoms with van der Waals surface area (Å²) in [5.74, 6) is -0.917. The van der Waals surface area contributed by atoms with Gasteiger partial charge in [0.2, 0.25) is 5.76 Å². The molecule has 27 heavy (non-hydrogen) atoms.